The van der Waals surface area contributed by atoms with Crippen molar-refractivity contribution in [3.05, 3.63) is 0 Å². The van der Waals surface area contributed by atoms with Gasteiger partial charge in [0.25, 0.3) is 0 Å². The second kappa shape index (κ2) is 5.05. The molecule has 94 valence electrons. The average molecular weight is 224 g/mol. The summed E-state index contributed by atoms with van der Waals surface area (Å²) in [4.78, 5) is 2.70. The van der Waals surface area contributed by atoms with Crippen LogP contribution >= 0.6 is 0 Å². The van der Waals surface area contributed by atoms with Crippen LogP contribution in [-0.4, -0.2) is 36.1 Å². The molecule has 3 unspecified atom stereocenters. The van der Waals surface area contributed by atoms with E-state index in [0.717, 1.165) is 23.9 Å². The molecule has 0 bridgehead atoms. The second-order valence-corrected chi connectivity index (χ2v) is 6.47. The molecule has 3 atom stereocenters. The summed E-state index contributed by atoms with van der Waals surface area (Å²) < 4.78 is 0. The first-order valence-corrected chi connectivity index (χ1v) is 7.06. The zero-order valence-electron chi connectivity index (χ0n) is 11.4. The highest BCUT2D eigenvalue weighted by Gasteiger charge is 2.38. The van der Waals surface area contributed by atoms with Gasteiger partial charge in [-0.15, -0.1) is 0 Å². The number of rotatable bonds is 5. The molecule has 0 amide bonds. The van der Waals surface area contributed by atoms with E-state index in [9.17, 15) is 0 Å². The lowest BCUT2D eigenvalue weighted by Crippen LogP contribution is -2.41. The summed E-state index contributed by atoms with van der Waals surface area (Å²) in [5.41, 5.74) is 0. The van der Waals surface area contributed by atoms with Crippen molar-refractivity contribution in [2.45, 2.75) is 65.1 Å². The Hall–Kier alpha value is -0.0800. The van der Waals surface area contributed by atoms with Crippen molar-refractivity contribution in [1.82, 2.24) is 10.2 Å². The van der Waals surface area contributed by atoms with Gasteiger partial charge in [-0.1, -0.05) is 20.8 Å². The predicted molar refractivity (Wildman–Crippen MR) is 69.6 cm³/mol. The van der Waals surface area contributed by atoms with Gasteiger partial charge in [0, 0.05) is 31.2 Å². The molecule has 0 aromatic carbocycles. The van der Waals surface area contributed by atoms with Gasteiger partial charge in [0.2, 0.25) is 0 Å². The Bertz CT molecular complexity index is 223. The van der Waals surface area contributed by atoms with Crippen molar-refractivity contribution < 1.29 is 0 Å². The van der Waals surface area contributed by atoms with E-state index in [1.165, 1.54) is 32.4 Å². The Morgan fingerprint density at radius 3 is 2.44 bits per heavy atom. The lowest BCUT2D eigenvalue weighted by Gasteiger charge is -2.23. The highest BCUT2D eigenvalue weighted by Crippen LogP contribution is 2.31. The van der Waals surface area contributed by atoms with E-state index in [1.807, 2.05) is 0 Å². The summed E-state index contributed by atoms with van der Waals surface area (Å²) in [5.74, 6) is 1.63. The average Bonchev–Trinajstić information content (AvgIpc) is 2.92. The van der Waals surface area contributed by atoms with Crippen LogP contribution in [0.1, 0.15) is 47.0 Å². The zero-order valence-corrected chi connectivity index (χ0v) is 11.4. The van der Waals surface area contributed by atoms with Crippen LogP contribution < -0.4 is 5.32 Å². The SMILES string of the molecule is CC(C)CC(C)NC1CN(C2CC2)CC1C. The fourth-order valence-corrected chi connectivity index (χ4v) is 3.10. The Labute approximate surface area is 101 Å². The number of likely N-dealkylation sites (tertiary alicyclic amines) is 1. The van der Waals surface area contributed by atoms with Crippen LogP contribution in [0.25, 0.3) is 0 Å². The molecule has 2 rings (SSSR count). The van der Waals surface area contributed by atoms with Gasteiger partial charge in [0.15, 0.2) is 0 Å². The molecule has 1 aliphatic carbocycles. The molecule has 0 aromatic heterocycles. The lowest BCUT2D eigenvalue weighted by molar-refractivity contribution is 0.308. The molecule has 2 fully saturated rings. The first-order valence-electron chi connectivity index (χ1n) is 7.06. The maximum atomic E-state index is 3.83. The van der Waals surface area contributed by atoms with E-state index in [2.05, 4.69) is 37.9 Å². The van der Waals surface area contributed by atoms with Crippen LogP contribution in [0.15, 0.2) is 0 Å². The van der Waals surface area contributed by atoms with Crippen LogP contribution in [0.5, 0.6) is 0 Å². The van der Waals surface area contributed by atoms with E-state index in [-0.39, 0.29) is 0 Å². The van der Waals surface area contributed by atoms with Crippen molar-refractivity contribution in [1.29, 1.82) is 0 Å². The molecule has 0 aromatic rings. The monoisotopic (exact) mass is 224 g/mol. The number of nitrogens with one attached hydrogen (secondary N) is 1. The summed E-state index contributed by atoms with van der Waals surface area (Å²) in [6, 6.07) is 2.34. The Morgan fingerprint density at radius 1 is 1.19 bits per heavy atom. The molecule has 2 aliphatic rings. The molecule has 2 heteroatoms. The van der Waals surface area contributed by atoms with Gasteiger partial charge in [0.1, 0.15) is 0 Å². The first kappa shape index (κ1) is 12.4. The van der Waals surface area contributed by atoms with E-state index in [0.29, 0.717) is 6.04 Å². The van der Waals surface area contributed by atoms with Crippen LogP contribution in [-0.2, 0) is 0 Å². The molecule has 1 saturated carbocycles. The zero-order chi connectivity index (χ0) is 11.7. The number of hydrogen-bond acceptors (Lipinski definition) is 2. The summed E-state index contributed by atoms with van der Waals surface area (Å²) >= 11 is 0. The lowest BCUT2D eigenvalue weighted by atomic mass is 10.0. The summed E-state index contributed by atoms with van der Waals surface area (Å²) in [5, 5.41) is 3.83. The van der Waals surface area contributed by atoms with Crippen molar-refractivity contribution in [3.63, 3.8) is 0 Å². The van der Waals surface area contributed by atoms with Gasteiger partial charge in [-0.2, -0.15) is 0 Å². The van der Waals surface area contributed by atoms with Crippen molar-refractivity contribution >= 4 is 0 Å². The molecule has 0 radical (unpaired) electrons. The summed E-state index contributed by atoms with van der Waals surface area (Å²) in [6.45, 7) is 12.0. The largest absolute Gasteiger partial charge is 0.310 e. The minimum atomic E-state index is 0.673. The Balaban J connectivity index is 1.76. The fourth-order valence-electron chi connectivity index (χ4n) is 3.10. The molecule has 2 nitrogen and oxygen atoms in total. The quantitative estimate of drug-likeness (QED) is 0.772. The van der Waals surface area contributed by atoms with Gasteiger partial charge in [-0.05, 0) is 38.0 Å². The molecule has 1 saturated heterocycles. The van der Waals surface area contributed by atoms with Gasteiger partial charge < -0.3 is 5.32 Å². The predicted octanol–water partition coefficient (Wildman–Crippen LogP) is 2.49. The minimum Gasteiger partial charge on any atom is -0.310 e. The first-order chi connectivity index (χ1) is 7.56. The van der Waals surface area contributed by atoms with Gasteiger partial charge in [0.05, 0.1) is 0 Å². The molecule has 1 N–H and O–H groups in total. The molecule has 1 heterocycles. The summed E-state index contributed by atoms with van der Waals surface area (Å²) in [7, 11) is 0. The topological polar surface area (TPSA) is 15.3 Å². The third kappa shape index (κ3) is 3.21. The Kier molecular flexibility index (Phi) is 3.91. The molecular weight excluding hydrogens is 196 g/mol. The highest BCUT2D eigenvalue weighted by molar-refractivity contribution is 4.95. The van der Waals surface area contributed by atoms with Crippen LogP contribution in [0.3, 0.4) is 0 Å². The van der Waals surface area contributed by atoms with E-state index < -0.39 is 0 Å². The van der Waals surface area contributed by atoms with Gasteiger partial charge >= 0.3 is 0 Å². The Morgan fingerprint density at radius 2 is 1.88 bits per heavy atom. The summed E-state index contributed by atoms with van der Waals surface area (Å²) in [6.07, 6.45) is 4.19. The fraction of sp³-hybridized carbons (Fsp3) is 1.00. The molecular formula is C14H28N2. The van der Waals surface area contributed by atoms with Gasteiger partial charge in [-0.25, -0.2) is 0 Å². The van der Waals surface area contributed by atoms with E-state index >= 15 is 0 Å². The van der Waals surface area contributed by atoms with Crippen molar-refractivity contribution in [2.75, 3.05) is 13.1 Å². The number of nitrogens with zero attached hydrogens (tertiary/aromatic N) is 1. The number of hydrogen-bond donors (Lipinski definition) is 1. The molecule has 16 heavy (non-hydrogen) atoms. The highest BCUT2D eigenvalue weighted by atomic mass is 15.2. The smallest absolute Gasteiger partial charge is 0.0235 e. The normalized spacial score (nSPS) is 33.6. The minimum absolute atomic E-state index is 0.673. The maximum Gasteiger partial charge on any atom is 0.0235 e. The standard InChI is InChI=1S/C14H28N2/c1-10(2)7-12(4)15-14-9-16(8-11(14)3)13-5-6-13/h10-15H,5-9H2,1-4H3. The molecule has 0 spiro atoms. The van der Waals surface area contributed by atoms with Crippen LogP contribution in [0.4, 0.5) is 0 Å². The van der Waals surface area contributed by atoms with E-state index in [4.69, 9.17) is 0 Å². The van der Waals surface area contributed by atoms with Gasteiger partial charge in [-0.3, -0.25) is 4.90 Å². The third-order valence-electron chi connectivity index (χ3n) is 4.03. The van der Waals surface area contributed by atoms with Crippen molar-refractivity contribution in [2.24, 2.45) is 11.8 Å². The second-order valence-electron chi connectivity index (χ2n) is 6.47. The van der Waals surface area contributed by atoms with E-state index in [1.54, 1.807) is 0 Å². The third-order valence-corrected chi connectivity index (χ3v) is 4.03. The van der Waals surface area contributed by atoms with Crippen molar-refractivity contribution in [3.8, 4) is 0 Å². The molecule has 1 aliphatic heterocycles. The van der Waals surface area contributed by atoms with Crippen LogP contribution in [0.2, 0.25) is 0 Å². The van der Waals surface area contributed by atoms with Crippen LogP contribution in [0, 0.1) is 11.8 Å². The maximum absolute atomic E-state index is 3.83.